The zero-order valence-corrected chi connectivity index (χ0v) is 18.8. The fraction of sp³-hybridized carbons (Fsp3) is 0.174. The maximum Gasteiger partial charge on any atom is 0.340 e. The molecule has 0 bridgehead atoms. The van der Waals surface area contributed by atoms with Gasteiger partial charge in [0, 0.05) is 22.8 Å². The summed E-state index contributed by atoms with van der Waals surface area (Å²) < 4.78 is 20.7. The fourth-order valence-electron chi connectivity index (χ4n) is 2.87. The Balaban J connectivity index is 1.78. The van der Waals surface area contributed by atoms with Crippen molar-refractivity contribution in [2.75, 3.05) is 31.5 Å². The van der Waals surface area contributed by atoms with E-state index in [9.17, 15) is 14.4 Å². The molecule has 2 aromatic carbocycles. The average molecular weight is 473 g/mol. The van der Waals surface area contributed by atoms with E-state index in [2.05, 4.69) is 10.6 Å². The van der Waals surface area contributed by atoms with Crippen molar-refractivity contribution in [1.29, 1.82) is 0 Å². The van der Waals surface area contributed by atoms with Crippen LogP contribution in [-0.2, 0) is 9.53 Å². The van der Waals surface area contributed by atoms with Crippen LogP contribution in [-0.4, -0.2) is 38.6 Å². The third-order valence-corrected chi connectivity index (χ3v) is 4.78. The minimum atomic E-state index is -0.858. The van der Waals surface area contributed by atoms with Gasteiger partial charge in [-0.2, -0.15) is 0 Å². The summed E-state index contributed by atoms with van der Waals surface area (Å²) >= 11 is 5.96. The number of ether oxygens (including phenoxy) is 3. The van der Waals surface area contributed by atoms with Crippen molar-refractivity contribution in [3.63, 3.8) is 0 Å². The predicted octanol–water partition coefficient (Wildman–Crippen LogP) is 4.31. The molecule has 0 aliphatic carbocycles. The molecule has 0 fully saturated rings. The number of hydrogen-bond donors (Lipinski definition) is 2. The maximum absolute atomic E-state index is 12.8. The number of carbonyl (C=O) groups is 3. The molecule has 0 aliphatic rings. The van der Waals surface area contributed by atoms with Crippen LogP contribution in [0.25, 0.3) is 0 Å². The molecular formula is C23H21ClN2O7. The molecule has 0 saturated carbocycles. The lowest BCUT2D eigenvalue weighted by molar-refractivity contribution is -0.119. The largest absolute Gasteiger partial charge is 0.493 e. The summed E-state index contributed by atoms with van der Waals surface area (Å²) in [6, 6.07) is 10.8. The van der Waals surface area contributed by atoms with Crippen molar-refractivity contribution in [3.05, 3.63) is 70.6 Å². The number of nitrogens with one attached hydrogen (secondary N) is 2. The summed E-state index contributed by atoms with van der Waals surface area (Å²) in [7, 11) is 2.81. The van der Waals surface area contributed by atoms with Crippen molar-refractivity contribution in [2.24, 2.45) is 0 Å². The highest BCUT2D eigenvalue weighted by molar-refractivity contribution is 6.31. The zero-order chi connectivity index (χ0) is 24.0. The molecule has 0 atom stereocenters. The van der Waals surface area contributed by atoms with Gasteiger partial charge in [-0.1, -0.05) is 17.7 Å². The predicted molar refractivity (Wildman–Crippen MR) is 121 cm³/mol. The Hall–Kier alpha value is -3.98. The Bertz CT molecular complexity index is 1180. The van der Waals surface area contributed by atoms with Crippen molar-refractivity contribution >= 4 is 40.8 Å². The molecule has 0 saturated heterocycles. The fourth-order valence-corrected chi connectivity index (χ4v) is 3.04. The van der Waals surface area contributed by atoms with E-state index >= 15 is 0 Å². The van der Waals surface area contributed by atoms with Gasteiger partial charge in [0.05, 0.1) is 31.7 Å². The molecule has 1 heterocycles. The number of furan rings is 1. The van der Waals surface area contributed by atoms with Gasteiger partial charge in [0.1, 0.15) is 0 Å². The molecular weight excluding hydrogens is 452 g/mol. The van der Waals surface area contributed by atoms with Crippen molar-refractivity contribution in [3.8, 4) is 11.5 Å². The maximum atomic E-state index is 12.8. The first-order chi connectivity index (χ1) is 15.8. The monoisotopic (exact) mass is 472 g/mol. The summed E-state index contributed by atoms with van der Waals surface area (Å²) in [5.41, 5.74) is 1.34. The van der Waals surface area contributed by atoms with Gasteiger partial charge >= 0.3 is 5.97 Å². The SMILES string of the molecule is COc1cc(NC(=O)c2ccco2)c(C(=O)OCC(=O)Nc2cc(Cl)ccc2C)cc1OC. The van der Waals surface area contributed by atoms with Gasteiger partial charge in [0.15, 0.2) is 23.9 Å². The lowest BCUT2D eigenvalue weighted by Crippen LogP contribution is -2.22. The van der Waals surface area contributed by atoms with Gasteiger partial charge in [0.2, 0.25) is 0 Å². The Kier molecular flexibility index (Phi) is 7.57. The van der Waals surface area contributed by atoms with Crippen molar-refractivity contribution in [2.45, 2.75) is 6.92 Å². The molecule has 9 nitrogen and oxygen atoms in total. The molecule has 0 spiro atoms. The number of carbonyl (C=O) groups excluding carboxylic acids is 3. The molecule has 2 N–H and O–H groups in total. The smallest absolute Gasteiger partial charge is 0.340 e. The van der Waals surface area contributed by atoms with Gasteiger partial charge in [0.25, 0.3) is 11.8 Å². The molecule has 0 radical (unpaired) electrons. The van der Waals surface area contributed by atoms with Crippen LogP contribution in [0.3, 0.4) is 0 Å². The number of halogens is 1. The van der Waals surface area contributed by atoms with E-state index in [0.29, 0.717) is 10.7 Å². The highest BCUT2D eigenvalue weighted by Crippen LogP contribution is 2.34. The summed E-state index contributed by atoms with van der Waals surface area (Å²) in [5.74, 6) is -1.45. The van der Waals surface area contributed by atoms with Gasteiger partial charge < -0.3 is 29.3 Å². The van der Waals surface area contributed by atoms with E-state index in [-0.39, 0.29) is 28.5 Å². The average Bonchev–Trinajstić information content (AvgIpc) is 3.34. The number of hydrogen-bond acceptors (Lipinski definition) is 7. The third-order valence-electron chi connectivity index (χ3n) is 4.54. The lowest BCUT2D eigenvalue weighted by Gasteiger charge is -2.15. The number of benzene rings is 2. The molecule has 172 valence electrons. The number of anilines is 2. The first kappa shape index (κ1) is 23.7. The van der Waals surface area contributed by atoms with Gasteiger partial charge in [-0.25, -0.2) is 4.79 Å². The number of methoxy groups -OCH3 is 2. The van der Waals surface area contributed by atoms with Crippen molar-refractivity contribution < 1.29 is 33.0 Å². The van der Waals surface area contributed by atoms with E-state index in [4.69, 9.17) is 30.2 Å². The van der Waals surface area contributed by atoms with Crippen LogP contribution in [0.1, 0.15) is 26.5 Å². The molecule has 1 aromatic heterocycles. The molecule has 33 heavy (non-hydrogen) atoms. The van der Waals surface area contributed by atoms with Crippen LogP contribution in [0, 0.1) is 6.92 Å². The van der Waals surface area contributed by atoms with Gasteiger partial charge in [-0.15, -0.1) is 0 Å². The van der Waals surface area contributed by atoms with E-state index < -0.39 is 24.4 Å². The Labute approximate surface area is 194 Å². The van der Waals surface area contributed by atoms with Crippen molar-refractivity contribution in [1.82, 2.24) is 0 Å². The van der Waals surface area contributed by atoms with Crippen LogP contribution < -0.4 is 20.1 Å². The van der Waals surface area contributed by atoms with E-state index in [0.717, 1.165) is 5.56 Å². The second-order valence-corrected chi connectivity index (χ2v) is 7.20. The summed E-state index contributed by atoms with van der Waals surface area (Å²) in [5, 5.41) is 5.67. The van der Waals surface area contributed by atoms with Crippen LogP contribution in [0.2, 0.25) is 5.02 Å². The second-order valence-electron chi connectivity index (χ2n) is 6.77. The van der Waals surface area contributed by atoms with Crippen LogP contribution in [0.5, 0.6) is 11.5 Å². The molecule has 0 aliphatic heterocycles. The highest BCUT2D eigenvalue weighted by Gasteiger charge is 2.22. The molecule has 3 aromatic rings. The lowest BCUT2D eigenvalue weighted by atomic mass is 10.1. The van der Waals surface area contributed by atoms with Crippen LogP contribution >= 0.6 is 11.6 Å². The normalized spacial score (nSPS) is 10.3. The molecule has 10 heteroatoms. The van der Waals surface area contributed by atoms with E-state index in [1.807, 2.05) is 0 Å². The number of rotatable bonds is 8. The Morgan fingerprint density at radius 1 is 0.970 bits per heavy atom. The van der Waals surface area contributed by atoms with Gasteiger partial charge in [-0.05, 0) is 36.8 Å². The number of amides is 2. The summed E-state index contributed by atoms with van der Waals surface area (Å²) in [6.45, 7) is 1.24. The highest BCUT2D eigenvalue weighted by atomic mass is 35.5. The van der Waals surface area contributed by atoms with Gasteiger partial charge in [-0.3, -0.25) is 9.59 Å². The van der Waals surface area contributed by atoms with E-state index in [1.54, 1.807) is 31.2 Å². The molecule has 0 unspecified atom stereocenters. The first-order valence-electron chi connectivity index (χ1n) is 9.66. The summed E-state index contributed by atoms with van der Waals surface area (Å²) in [6.07, 6.45) is 1.35. The minimum absolute atomic E-state index is 0.0420. The Morgan fingerprint density at radius 2 is 1.70 bits per heavy atom. The first-order valence-corrected chi connectivity index (χ1v) is 10.0. The third kappa shape index (κ3) is 5.83. The van der Waals surface area contributed by atoms with E-state index in [1.165, 1.54) is 38.7 Å². The number of aryl methyl sites for hydroxylation is 1. The topological polar surface area (TPSA) is 116 Å². The quantitative estimate of drug-likeness (QED) is 0.469. The second kappa shape index (κ2) is 10.6. The van der Waals surface area contributed by atoms with Crippen LogP contribution in [0.4, 0.5) is 11.4 Å². The Morgan fingerprint density at radius 3 is 2.36 bits per heavy atom. The molecule has 2 amide bonds. The zero-order valence-electron chi connectivity index (χ0n) is 18.1. The number of esters is 1. The van der Waals surface area contributed by atoms with Crippen LogP contribution in [0.15, 0.2) is 53.1 Å². The molecule has 3 rings (SSSR count). The summed E-state index contributed by atoms with van der Waals surface area (Å²) in [4.78, 5) is 37.5. The standard InChI is InChI=1S/C23H21ClN2O7/c1-13-6-7-14(24)9-16(13)25-21(27)12-33-23(29)15-10-19(30-2)20(31-3)11-17(15)26-22(28)18-5-4-8-32-18/h4-11H,12H2,1-3H3,(H,25,27)(H,26,28). The minimum Gasteiger partial charge on any atom is -0.493 e.